The first-order valence-corrected chi connectivity index (χ1v) is 7.01. The molecule has 0 bridgehead atoms. The lowest BCUT2D eigenvalue weighted by Gasteiger charge is -2.12. The summed E-state index contributed by atoms with van der Waals surface area (Å²) in [5.74, 6) is 1.03. The van der Waals surface area contributed by atoms with Crippen LogP contribution in [0.1, 0.15) is 24.2 Å². The third-order valence-corrected chi connectivity index (χ3v) is 2.96. The summed E-state index contributed by atoms with van der Waals surface area (Å²) in [6, 6.07) is 12.1. The van der Waals surface area contributed by atoms with Crippen molar-refractivity contribution in [2.75, 3.05) is 18.2 Å². The van der Waals surface area contributed by atoms with Gasteiger partial charge in [0.15, 0.2) is 0 Å². The second-order valence-electron chi connectivity index (χ2n) is 5.10. The van der Waals surface area contributed by atoms with Gasteiger partial charge in [0, 0.05) is 17.3 Å². The first kappa shape index (κ1) is 15.7. The molecular formula is C17H20N2O3. The number of anilines is 2. The lowest BCUT2D eigenvalue weighted by Crippen LogP contribution is -2.13. The average molecular weight is 300 g/mol. The van der Waals surface area contributed by atoms with Gasteiger partial charge in [0.2, 0.25) is 0 Å². The molecule has 0 aliphatic carbocycles. The fraction of sp³-hybridized carbons (Fsp3) is 0.235. The van der Waals surface area contributed by atoms with Crippen molar-refractivity contribution >= 4 is 17.3 Å². The average Bonchev–Trinajstić information content (AvgIpc) is 2.49. The van der Waals surface area contributed by atoms with E-state index < -0.39 is 0 Å². The minimum absolute atomic E-state index is 0.0960. The predicted octanol–water partition coefficient (Wildman–Crippen LogP) is 3.32. The quantitative estimate of drug-likeness (QED) is 0.831. The minimum atomic E-state index is -0.223. The lowest BCUT2D eigenvalue weighted by molar-refractivity contribution is 0.102. The van der Waals surface area contributed by atoms with Gasteiger partial charge in [0.05, 0.1) is 18.9 Å². The Hall–Kier alpha value is -2.69. The Labute approximate surface area is 130 Å². The van der Waals surface area contributed by atoms with Crippen molar-refractivity contribution in [1.82, 2.24) is 0 Å². The number of nitrogens with two attached hydrogens (primary N) is 1. The van der Waals surface area contributed by atoms with Crippen LogP contribution in [0, 0.1) is 0 Å². The molecule has 0 aromatic heterocycles. The van der Waals surface area contributed by atoms with Crippen LogP contribution in [0.4, 0.5) is 11.4 Å². The summed E-state index contributed by atoms with van der Waals surface area (Å²) in [5.41, 5.74) is 7.38. The topological polar surface area (TPSA) is 73.6 Å². The lowest BCUT2D eigenvalue weighted by atomic mass is 10.2. The van der Waals surface area contributed by atoms with E-state index in [4.69, 9.17) is 15.2 Å². The Morgan fingerprint density at radius 2 is 1.82 bits per heavy atom. The van der Waals surface area contributed by atoms with Gasteiger partial charge in [-0.2, -0.15) is 0 Å². The molecule has 0 spiro atoms. The molecule has 0 fully saturated rings. The van der Waals surface area contributed by atoms with Crippen LogP contribution < -0.4 is 20.5 Å². The highest BCUT2D eigenvalue weighted by Crippen LogP contribution is 2.27. The number of methoxy groups -OCH3 is 1. The number of nitrogens with one attached hydrogen (secondary N) is 1. The molecule has 5 nitrogen and oxygen atoms in total. The van der Waals surface area contributed by atoms with Crippen LogP contribution in [0.2, 0.25) is 0 Å². The smallest absolute Gasteiger partial charge is 0.255 e. The van der Waals surface area contributed by atoms with Crippen molar-refractivity contribution in [3.05, 3.63) is 48.0 Å². The molecule has 2 aromatic carbocycles. The number of hydrogen-bond donors (Lipinski definition) is 2. The van der Waals surface area contributed by atoms with Crippen LogP contribution >= 0.6 is 0 Å². The Kier molecular flexibility index (Phi) is 4.88. The maximum Gasteiger partial charge on any atom is 0.255 e. The van der Waals surface area contributed by atoms with E-state index in [1.165, 1.54) is 7.11 Å². The molecule has 1 amide bonds. The number of hydrogen-bond acceptors (Lipinski definition) is 4. The predicted molar refractivity (Wildman–Crippen MR) is 87.6 cm³/mol. The second-order valence-corrected chi connectivity index (χ2v) is 5.10. The molecule has 0 aliphatic rings. The van der Waals surface area contributed by atoms with E-state index in [0.717, 1.165) is 5.75 Å². The van der Waals surface area contributed by atoms with E-state index in [9.17, 15) is 4.79 Å². The van der Waals surface area contributed by atoms with E-state index in [1.54, 1.807) is 42.5 Å². The van der Waals surface area contributed by atoms with Crippen molar-refractivity contribution in [1.29, 1.82) is 0 Å². The van der Waals surface area contributed by atoms with Crippen LogP contribution in [0.25, 0.3) is 0 Å². The molecule has 0 unspecified atom stereocenters. The Morgan fingerprint density at radius 3 is 2.41 bits per heavy atom. The molecule has 2 rings (SSSR count). The van der Waals surface area contributed by atoms with Crippen LogP contribution in [-0.2, 0) is 0 Å². The number of benzene rings is 2. The van der Waals surface area contributed by atoms with Gasteiger partial charge in [0.1, 0.15) is 11.5 Å². The summed E-state index contributed by atoms with van der Waals surface area (Å²) < 4.78 is 10.8. The second kappa shape index (κ2) is 6.85. The minimum Gasteiger partial charge on any atom is -0.494 e. The summed E-state index contributed by atoms with van der Waals surface area (Å²) in [7, 11) is 1.53. The Morgan fingerprint density at radius 1 is 1.14 bits per heavy atom. The standard InChI is InChI=1S/C17H20N2O3/c1-11(2)22-14-7-4-12(5-8-14)17(20)19-15-9-6-13(18)10-16(15)21-3/h4-11H,18H2,1-3H3,(H,19,20). The highest BCUT2D eigenvalue weighted by molar-refractivity contribution is 6.05. The molecule has 0 saturated carbocycles. The molecule has 116 valence electrons. The van der Waals surface area contributed by atoms with Crippen molar-refractivity contribution in [2.24, 2.45) is 0 Å². The highest BCUT2D eigenvalue weighted by Gasteiger charge is 2.10. The monoisotopic (exact) mass is 300 g/mol. The maximum atomic E-state index is 12.3. The third kappa shape index (κ3) is 3.91. The van der Waals surface area contributed by atoms with Gasteiger partial charge in [-0.15, -0.1) is 0 Å². The third-order valence-electron chi connectivity index (χ3n) is 2.96. The zero-order valence-electron chi connectivity index (χ0n) is 12.9. The van der Waals surface area contributed by atoms with Crippen LogP contribution in [-0.4, -0.2) is 19.1 Å². The number of ether oxygens (including phenoxy) is 2. The van der Waals surface area contributed by atoms with Gasteiger partial charge < -0.3 is 20.5 Å². The maximum absolute atomic E-state index is 12.3. The zero-order valence-corrected chi connectivity index (χ0v) is 12.9. The van der Waals surface area contributed by atoms with Crippen molar-refractivity contribution in [3.63, 3.8) is 0 Å². The summed E-state index contributed by atoms with van der Waals surface area (Å²) in [4.78, 5) is 12.3. The van der Waals surface area contributed by atoms with Crippen molar-refractivity contribution in [2.45, 2.75) is 20.0 Å². The molecule has 0 radical (unpaired) electrons. The molecule has 3 N–H and O–H groups in total. The number of carbonyl (C=O) groups excluding carboxylic acids is 1. The van der Waals surface area contributed by atoms with Gasteiger partial charge in [-0.1, -0.05) is 0 Å². The summed E-state index contributed by atoms with van der Waals surface area (Å²) in [6.07, 6.45) is 0.0960. The van der Waals surface area contributed by atoms with Crippen LogP contribution in [0.3, 0.4) is 0 Å². The molecule has 2 aromatic rings. The number of amides is 1. The van der Waals surface area contributed by atoms with Crippen LogP contribution in [0.15, 0.2) is 42.5 Å². The Bertz CT molecular complexity index is 651. The van der Waals surface area contributed by atoms with Gasteiger partial charge in [-0.25, -0.2) is 0 Å². The van der Waals surface area contributed by atoms with E-state index in [0.29, 0.717) is 22.7 Å². The van der Waals surface area contributed by atoms with Crippen LogP contribution in [0.5, 0.6) is 11.5 Å². The fourth-order valence-corrected chi connectivity index (χ4v) is 1.96. The zero-order chi connectivity index (χ0) is 16.1. The van der Waals surface area contributed by atoms with E-state index in [-0.39, 0.29) is 12.0 Å². The molecule has 5 heteroatoms. The molecular weight excluding hydrogens is 280 g/mol. The first-order valence-electron chi connectivity index (χ1n) is 7.01. The molecule has 0 atom stereocenters. The molecule has 0 aliphatic heterocycles. The van der Waals surface area contributed by atoms with Crippen molar-refractivity contribution < 1.29 is 14.3 Å². The SMILES string of the molecule is COc1cc(N)ccc1NC(=O)c1ccc(OC(C)C)cc1. The number of nitrogen functional groups attached to an aromatic ring is 1. The van der Waals surface area contributed by atoms with Gasteiger partial charge in [0.25, 0.3) is 5.91 Å². The van der Waals surface area contributed by atoms with Gasteiger partial charge in [-0.3, -0.25) is 4.79 Å². The number of rotatable bonds is 5. The van der Waals surface area contributed by atoms with Gasteiger partial charge >= 0.3 is 0 Å². The molecule has 0 heterocycles. The van der Waals surface area contributed by atoms with Crippen molar-refractivity contribution in [3.8, 4) is 11.5 Å². The van der Waals surface area contributed by atoms with Gasteiger partial charge in [-0.05, 0) is 50.2 Å². The normalized spacial score (nSPS) is 10.4. The summed E-state index contributed by atoms with van der Waals surface area (Å²) in [5, 5.41) is 2.80. The van der Waals surface area contributed by atoms with E-state index >= 15 is 0 Å². The fourth-order valence-electron chi connectivity index (χ4n) is 1.96. The molecule has 22 heavy (non-hydrogen) atoms. The summed E-state index contributed by atoms with van der Waals surface area (Å²) >= 11 is 0. The van der Waals surface area contributed by atoms with E-state index in [1.807, 2.05) is 13.8 Å². The summed E-state index contributed by atoms with van der Waals surface area (Å²) in [6.45, 7) is 3.90. The first-order chi connectivity index (χ1) is 10.5. The van der Waals surface area contributed by atoms with E-state index in [2.05, 4.69) is 5.32 Å². The Balaban J connectivity index is 2.12. The molecule has 0 saturated heterocycles. The largest absolute Gasteiger partial charge is 0.494 e. The number of carbonyl (C=O) groups is 1. The highest BCUT2D eigenvalue weighted by atomic mass is 16.5.